The van der Waals surface area contributed by atoms with Crippen LogP contribution in [0, 0.1) is 5.82 Å². The maximum Gasteiger partial charge on any atom is 0.164 e. The highest BCUT2D eigenvalue weighted by atomic mass is 19.1. The number of hydrogen-bond acceptors (Lipinski definition) is 5. The average molecular weight is 338 g/mol. The van der Waals surface area contributed by atoms with Gasteiger partial charge < -0.3 is 9.84 Å². The van der Waals surface area contributed by atoms with Gasteiger partial charge in [0.25, 0.3) is 0 Å². The minimum atomic E-state index is -1.26. The summed E-state index contributed by atoms with van der Waals surface area (Å²) in [6.07, 6.45) is 0.232. The molecule has 0 radical (unpaired) electrons. The second-order valence-electron chi connectivity index (χ2n) is 5.40. The third kappa shape index (κ3) is 4.05. The van der Waals surface area contributed by atoms with E-state index in [1.165, 1.54) is 31.3 Å². The molecule has 6 heteroatoms. The number of rotatable bonds is 5. The molecule has 1 heterocycles. The molecule has 0 aliphatic rings. The molecule has 3 aromatic rings. The lowest BCUT2D eigenvalue weighted by molar-refractivity contribution is -0.125. The van der Waals surface area contributed by atoms with E-state index in [1.807, 2.05) is 0 Å². The first-order valence-electron chi connectivity index (χ1n) is 7.58. The van der Waals surface area contributed by atoms with Crippen molar-refractivity contribution in [3.63, 3.8) is 0 Å². The van der Waals surface area contributed by atoms with Gasteiger partial charge in [-0.3, -0.25) is 4.79 Å². The first kappa shape index (κ1) is 16.7. The molecule has 0 amide bonds. The smallest absolute Gasteiger partial charge is 0.164 e. The molecule has 25 heavy (non-hydrogen) atoms. The molecule has 5 nitrogen and oxygen atoms in total. The van der Waals surface area contributed by atoms with E-state index in [9.17, 15) is 14.3 Å². The zero-order valence-electron chi connectivity index (χ0n) is 13.4. The van der Waals surface area contributed by atoms with Gasteiger partial charge in [0.15, 0.2) is 17.7 Å². The highest BCUT2D eigenvalue weighted by molar-refractivity contribution is 5.81. The number of aromatic nitrogens is 2. The number of nitrogens with zero attached hydrogens (tertiary/aromatic N) is 2. The van der Waals surface area contributed by atoms with Crippen LogP contribution in [0.4, 0.5) is 4.39 Å². The fourth-order valence-corrected chi connectivity index (χ4v) is 2.18. The molecule has 0 fully saturated rings. The minimum absolute atomic E-state index is 0.254. The highest BCUT2D eigenvalue weighted by Crippen LogP contribution is 2.25. The SMILES string of the molecule is CC(=O)[C@H](O)c1ccnc(-c2ccc(Oc3ccc(F)cc3)cc2)n1. The number of hydrogen-bond donors (Lipinski definition) is 1. The van der Waals surface area contributed by atoms with Crippen LogP contribution in [-0.4, -0.2) is 20.9 Å². The fraction of sp³-hybridized carbons (Fsp3) is 0.105. The summed E-state index contributed by atoms with van der Waals surface area (Å²) in [7, 11) is 0. The molecular formula is C19H15FN2O3. The number of ether oxygens (including phenoxy) is 1. The number of halogens is 1. The molecule has 1 atom stereocenters. The van der Waals surface area contributed by atoms with E-state index in [0.29, 0.717) is 22.9 Å². The predicted octanol–water partition coefficient (Wildman–Crippen LogP) is 3.70. The van der Waals surface area contributed by atoms with E-state index in [2.05, 4.69) is 9.97 Å². The second kappa shape index (κ2) is 7.19. The van der Waals surface area contributed by atoms with Crippen molar-refractivity contribution in [2.75, 3.05) is 0 Å². The molecule has 0 aliphatic heterocycles. The van der Waals surface area contributed by atoms with Crippen molar-refractivity contribution in [3.05, 3.63) is 72.3 Å². The van der Waals surface area contributed by atoms with Crippen LogP contribution in [0.15, 0.2) is 60.8 Å². The van der Waals surface area contributed by atoms with Gasteiger partial charge in [-0.1, -0.05) is 0 Å². The summed E-state index contributed by atoms with van der Waals surface area (Å²) in [5, 5.41) is 9.81. The monoisotopic (exact) mass is 338 g/mol. The normalized spacial score (nSPS) is 11.8. The van der Waals surface area contributed by atoms with Crippen LogP contribution in [0.25, 0.3) is 11.4 Å². The molecule has 0 aliphatic carbocycles. The Labute approximate surface area is 143 Å². The zero-order valence-corrected chi connectivity index (χ0v) is 13.4. The summed E-state index contributed by atoms with van der Waals surface area (Å²) in [6, 6.07) is 14.2. The van der Waals surface area contributed by atoms with Gasteiger partial charge in [-0.05, 0) is 61.5 Å². The van der Waals surface area contributed by atoms with Gasteiger partial charge in [0, 0.05) is 11.8 Å². The van der Waals surface area contributed by atoms with Crippen molar-refractivity contribution >= 4 is 5.78 Å². The topological polar surface area (TPSA) is 72.3 Å². The van der Waals surface area contributed by atoms with Gasteiger partial charge >= 0.3 is 0 Å². The summed E-state index contributed by atoms with van der Waals surface area (Å²) in [5.74, 6) is 0.790. The standard InChI is InChI=1S/C19H15FN2O3/c1-12(23)18(24)17-10-11-21-19(22-17)13-2-6-15(7-3-13)25-16-8-4-14(20)5-9-16/h2-11,18,24H,1H3/t18-/m0/s1. The Kier molecular flexibility index (Phi) is 4.81. The van der Waals surface area contributed by atoms with E-state index in [1.54, 1.807) is 36.4 Å². The van der Waals surface area contributed by atoms with Crippen molar-refractivity contribution in [1.29, 1.82) is 0 Å². The summed E-state index contributed by atoms with van der Waals surface area (Å²) >= 11 is 0. The van der Waals surface area contributed by atoms with Crippen LogP contribution in [0.1, 0.15) is 18.7 Å². The molecule has 0 spiro atoms. The van der Waals surface area contributed by atoms with Crippen molar-refractivity contribution in [2.24, 2.45) is 0 Å². The minimum Gasteiger partial charge on any atom is -0.457 e. The first-order chi connectivity index (χ1) is 12.0. The molecule has 1 N–H and O–H groups in total. The van der Waals surface area contributed by atoms with Crippen molar-refractivity contribution in [2.45, 2.75) is 13.0 Å². The third-order valence-electron chi connectivity index (χ3n) is 3.50. The number of aliphatic hydroxyl groups is 1. The lowest BCUT2D eigenvalue weighted by Gasteiger charge is -2.09. The van der Waals surface area contributed by atoms with Gasteiger partial charge in [0.2, 0.25) is 0 Å². The van der Waals surface area contributed by atoms with Crippen LogP contribution < -0.4 is 4.74 Å². The fourth-order valence-electron chi connectivity index (χ4n) is 2.18. The van der Waals surface area contributed by atoms with E-state index >= 15 is 0 Å². The second-order valence-corrected chi connectivity index (χ2v) is 5.40. The predicted molar refractivity (Wildman–Crippen MR) is 89.6 cm³/mol. The van der Waals surface area contributed by atoms with Crippen molar-refractivity contribution in [1.82, 2.24) is 9.97 Å². The number of benzene rings is 2. The molecule has 0 saturated heterocycles. The Hall–Kier alpha value is -3.12. The number of carbonyl (C=O) groups excluding carboxylic acids is 1. The van der Waals surface area contributed by atoms with E-state index in [0.717, 1.165) is 0 Å². The first-order valence-corrected chi connectivity index (χ1v) is 7.58. The maximum absolute atomic E-state index is 12.9. The van der Waals surface area contributed by atoms with Crippen LogP contribution in [-0.2, 0) is 4.79 Å². The number of aliphatic hydroxyl groups excluding tert-OH is 1. The van der Waals surface area contributed by atoms with Gasteiger partial charge in [-0.25, -0.2) is 14.4 Å². The number of Topliss-reactive ketones (excluding diaryl/α,β-unsaturated/α-hetero) is 1. The van der Waals surface area contributed by atoms with Crippen LogP contribution in [0.2, 0.25) is 0 Å². The molecule has 2 aromatic carbocycles. The Morgan fingerprint density at radius 1 is 1.04 bits per heavy atom. The highest BCUT2D eigenvalue weighted by Gasteiger charge is 2.15. The maximum atomic E-state index is 12.9. The van der Waals surface area contributed by atoms with Crippen LogP contribution in [0.3, 0.4) is 0 Å². The van der Waals surface area contributed by atoms with Gasteiger partial charge in [0.05, 0.1) is 5.69 Å². The lowest BCUT2D eigenvalue weighted by Crippen LogP contribution is -2.10. The average Bonchev–Trinajstić information content (AvgIpc) is 2.63. The molecule has 0 saturated carbocycles. The van der Waals surface area contributed by atoms with E-state index in [-0.39, 0.29) is 17.3 Å². The summed E-state index contributed by atoms with van der Waals surface area (Å²) in [6.45, 7) is 1.30. The van der Waals surface area contributed by atoms with Gasteiger partial charge in [-0.15, -0.1) is 0 Å². The molecule has 3 rings (SSSR count). The summed E-state index contributed by atoms with van der Waals surface area (Å²) in [5.41, 5.74) is 0.966. The number of carbonyl (C=O) groups is 1. The zero-order chi connectivity index (χ0) is 17.8. The number of ketones is 1. The Morgan fingerprint density at radius 2 is 1.64 bits per heavy atom. The van der Waals surface area contributed by atoms with E-state index < -0.39 is 6.10 Å². The quantitative estimate of drug-likeness (QED) is 0.768. The summed E-state index contributed by atoms with van der Waals surface area (Å²) < 4.78 is 18.5. The van der Waals surface area contributed by atoms with Crippen molar-refractivity contribution < 1.29 is 19.0 Å². The Morgan fingerprint density at radius 3 is 2.24 bits per heavy atom. The molecule has 0 unspecified atom stereocenters. The lowest BCUT2D eigenvalue weighted by atomic mass is 10.1. The van der Waals surface area contributed by atoms with Crippen LogP contribution >= 0.6 is 0 Å². The summed E-state index contributed by atoms with van der Waals surface area (Å²) in [4.78, 5) is 19.7. The molecule has 0 bridgehead atoms. The Balaban J connectivity index is 1.79. The Bertz CT molecular complexity index is 880. The van der Waals surface area contributed by atoms with Gasteiger partial charge in [-0.2, -0.15) is 0 Å². The van der Waals surface area contributed by atoms with E-state index in [4.69, 9.17) is 4.74 Å². The largest absolute Gasteiger partial charge is 0.457 e. The van der Waals surface area contributed by atoms with Crippen LogP contribution in [0.5, 0.6) is 11.5 Å². The molecule has 126 valence electrons. The molecular weight excluding hydrogens is 323 g/mol. The third-order valence-corrected chi connectivity index (χ3v) is 3.50. The van der Waals surface area contributed by atoms with Crippen molar-refractivity contribution in [3.8, 4) is 22.9 Å². The molecule has 1 aromatic heterocycles. The van der Waals surface area contributed by atoms with Gasteiger partial charge in [0.1, 0.15) is 17.3 Å².